The minimum atomic E-state index is -0.289. The Labute approximate surface area is 171 Å². The van der Waals surface area contributed by atoms with Gasteiger partial charge in [-0.3, -0.25) is 9.78 Å². The molecule has 8 heteroatoms. The summed E-state index contributed by atoms with van der Waals surface area (Å²) in [5, 5.41) is 3.88. The smallest absolute Gasteiger partial charge is 0.325 e. The fraction of sp³-hybridized carbons (Fsp3) is 0.389. The van der Waals surface area contributed by atoms with E-state index in [1.807, 2.05) is 36.9 Å². The molecule has 0 aromatic carbocycles. The molecule has 0 aliphatic carbocycles. The Morgan fingerprint density at radius 1 is 1.38 bits per heavy atom. The molecule has 3 rings (SSSR count). The second-order valence-electron chi connectivity index (χ2n) is 6.16. The van der Waals surface area contributed by atoms with Crippen molar-refractivity contribution in [1.82, 2.24) is 20.2 Å². The van der Waals surface area contributed by atoms with Crippen molar-refractivity contribution in [3.8, 4) is 0 Å². The van der Waals surface area contributed by atoms with E-state index in [1.54, 1.807) is 13.1 Å². The molecule has 2 N–H and O–H groups in total. The minimum absolute atomic E-state index is 0.105. The van der Waals surface area contributed by atoms with Crippen LogP contribution in [0.4, 0.5) is 0 Å². The van der Waals surface area contributed by atoms with Gasteiger partial charge in [0.1, 0.15) is 6.54 Å². The molecule has 0 unspecified atom stereocenters. The van der Waals surface area contributed by atoms with Crippen molar-refractivity contribution in [3.05, 3.63) is 50.6 Å². The molecule has 26 heavy (non-hydrogen) atoms. The van der Waals surface area contributed by atoms with E-state index in [4.69, 9.17) is 17.0 Å². The number of thiocarbonyl (C=S) groups is 1. The maximum absolute atomic E-state index is 12.2. The van der Waals surface area contributed by atoms with Crippen LogP contribution in [0.5, 0.6) is 0 Å². The van der Waals surface area contributed by atoms with Gasteiger partial charge in [-0.15, -0.1) is 0 Å². The first kappa shape index (κ1) is 19.1. The topological polar surface area (TPSA) is 70.2 Å². The molecule has 138 valence electrons. The number of esters is 1. The molecule has 6 nitrogen and oxygen atoms in total. The molecule has 1 aliphatic rings. The molecular formula is C18H21IN4O2S. The van der Waals surface area contributed by atoms with Crippen molar-refractivity contribution in [2.75, 3.05) is 13.2 Å². The average molecular weight is 484 g/mol. The monoisotopic (exact) mass is 484 g/mol. The number of rotatable bonds is 5. The van der Waals surface area contributed by atoms with E-state index in [9.17, 15) is 4.79 Å². The van der Waals surface area contributed by atoms with Gasteiger partial charge in [-0.1, -0.05) is 6.07 Å². The number of carbonyl (C=O) groups is 1. The number of carbonyl (C=O) groups excluding carboxylic acids is 1. The van der Waals surface area contributed by atoms with Crippen molar-refractivity contribution < 1.29 is 9.53 Å². The van der Waals surface area contributed by atoms with Gasteiger partial charge in [-0.25, -0.2) is 0 Å². The second kappa shape index (κ2) is 7.91. The predicted octanol–water partition coefficient (Wildman–Crippen LogP) is 3.17. The molecule has 2 aromatic rings. The summed E-state index contributed by atoms with van der Waals surface area (Å²) in [6.45, 7) is 6.35. The number of aryl methyl sites for hydroxylation is 2. The van der Waals surface area contributed by atoms with E-state index < -0.39 is 0 Å². The number of halogens is 1. The van der Waals surface area contributed by atoms with Crippen LogP contribution in [0.3, 0.4) is 0 Å². The third-order valence-electron chi connectivity index (χ3n) is 4.44. The zero-order chi connectivity index (χ0) is 18.8. The second-order valence-corrected chi connectivity index (χ2v) is 7.63. The minimum Gasteiger partial charge on any atom is -0.465 e. The average Bonchev–Trinajstić information content (AvgIpc) is 3.05. The molecule has 0 spiro atoms. The lowest BCUT2D eigenvalue weighted by molar-refractivity contribution is -0.143. The first-order valence-electron chi connectivity index (χ1n) is 8.42. The third-order valence-corrected chi connectivity index (χ3v) is 6.19. The number of H-pyrrole nitrogens is 1. The van der Waals surface area contributed by atoms with E-state index >= 15 is 0 Å². The number of nitrogens with one attached hydrogen (secondary N) is 2. The Kier molecular flexibility index (Phi) is 5.81. The van der Waals surface area contributed by atoms with Gasteiger partial charge in [0.2, 0.25) is 0 Å². The summed E-state index contributed by atoms with van der Waals surface area (Å²) < 4.78 is 6.29. The third kappa shape index (κ3) is 3.57. The molecule has 2 aromatic heterocycles. The highest BCUT2D eigenvalue weighted by molar-refractivity contribution is 14.1. The number of nitrogens with zero attached hydrogens (tertiary/aromatic N) is 2. The number of ether oxygens (including phenoxy) is 1. The molecule has 1 saturated heterocycles. The van der Waals surface area contributed by atoms with Crippen molar-refractivity contribution in [1.29, 1.82) is 0 Å². The number of aromatic nitrogens is 2. The molecule has 0 bridgehead atoms. The van der Waals surface area contributed by atoms with Gasteiger partial charge in [-0.05, 0) is 67.7 Å². The summed E-state index contributed by atoms with van der Waals surface area (Å²) in [7, 11) is 0. The van der Waals surface area contributed by atoms with Gasteiger partial charge >= 0.3 is 5.97 Å². The van der Waals surface area contributed by atoms with Gasteiger partial charge in [0.15, 0.2) is 5.11 Å². The lowest BCUT2D eigenvalue weighted by atomic mass is 9.97. The summed E-state index contributed by atoms with van der Waals surface area (Å²) in [4.78, 5) is 22.0. The van der Waals surface area contributed by atoms with Gasteiger partial charge in [0.05, 0.1) is 24.4 Å². The van der Waals surface area contributed by atoms with Gasteiger partial charge < -0.3 is 19.9 Å². The van der Waals surface area contributed by atoms with Crippen LogP contribution in [-0.4, -0.2) is 39.1 Å². The van der Waals surface area contributed by atoms with Crippen molar-refractivity contribution >= 4 is 45.9 Å². The van der Waals surface area contributed by atoms with E-state index in [0.717, 1.165) is 26.2 Å². The maximum Gasteiger partial charge on any atom is 0.325 e. The molecule has 0 amide bonds. The normalized spacial score (nSPS) is 19.5. The van der Waals surface area contributed by atoms with Gasteiger partial charge in [-0.2, -0.15) is 0 Å². The Hall–Kier alpha value is -1.68. The highest BCUT2D eigenvalue weighted by Crippen LogP contribution is 2.42. The van der Waals surface area contributed by atoms with Crippen LogP contribution in [0.15, 0.2) is 24.4 Å². The van der Waals surface area contributed by atoms with Crippen LogP contribution in [0.25, 0.3) is 0 Å². The predicted molar refractivity (Wildman–Crippen MR) is 112 cm³/mol. The van der Waals surface area contributed by atoms with Crippen molar-refractivity contribution in [2.45, 2.75) is 32.9 Å². The number of hydrogen-bond donors (Lipinski definition) is 2. The van der Waals surface area contributed by atoms with Crippen LogP contribution in [-0.2, 0) is 9.53 Å². The Balaban J connectivity index is 2.06. The summed E-state index contributed by atoms with van der Waals surface area (Å²) >= 11 is 7.90. The SMILES string of the molecule is CCOC(=O)CN1C(=S)N[C@@H](c2ccccn2)[C@H]1c1c(C)[nH]c(C)c1I. The van der Waals surface area contributed by atoms with E-state index in [2.05, 4.69) is 37.9 Å². The first-order chi connectivity index (χ1) is 12.4. The summed E-state index contributed by atoms with van der Waals surface area (Å²) in [6.07, 6.45) is 1.77. The quantitative estimate of drug-likeness (QED) is 0.386. The number of aromatic amines is 1. The zero-order valence-corrected chi connectivity index (χ0v) is 17.8. The van der Waals surface area contributed by atoms with E-state index in [-0.39, 0.29) is 24.6 Å². The molecule has 1 fully saturated rings. The largest absolute Gasteiger partial charge is 0.465 e. The summed E-state index contributed by atoms with van der Waals surface area (Å²) in [5.74, 6) is -0.289. The highest BCUT2D eigenvalue weighted by atomic mass is 127. The first-order valence-corrected chi connectivity index (χ1v) is 9.91. The lowest BCUT2D eigenvalue weighted by Gasteiger charge is -2.27. The Morgan fingerprint density at radius 3 is 2.73 bits per heavy atom. The van der Waals surface area contributed by atoms with E-state index in [1.165, 1.54) is 0 Å². The van der Waals surface area contributed by atoms with Crippen molar-refractivity contribution in [2.24, 2.45) is 0 Å². The number of pyridine rings is 1. The Bertz CT molecular complexity index is 824. The van der Waals surface area contributed by atoms with Crippen LogP contribution in [0.1, 0.15) is 41.7 Å². The maximum atomic E-state index is 12.2. The van der Waals surface area contributed by atoms with Crippen LogP contribution in [0, 0.1) is 17.4 Å². The van der Waals surface area contributed by atoms with E-state index in [0.29, 0.717) is 11.7 Å². The lowest BCUT2D eigenvalue weighted by Crippen LogP contribution is -2.35. The molecule has 2 atom stereocenters. The van der Waals surface area contributed by atoms with Crippen LogP contribution >= 0.6 is 34.8 Å². The van der Waals surface area contributed by atoms with Crippen LogP contribution < -0.4 is 5.32 Å². The molecule has 0 saturated carbocycles. The summed E-state index contributed by atoms with van der Waals surface area (Å²) in [5.41, 5.74) is 4.20. The van der Waals surface area contributed by atoms with Crippen molar-refractivity contribution in [3.63, 3.8) is 0 Å². The zero-order valence-electron chi connectivity index (χ0n) is 14.9. The fourth-order valence-corrected chi connectivity index (χ4v) is 4.52. The van der Waals surface area contributed by atoms with Gasteiger partial charge in [0.25, 0.3) is 0 Å². The standard InChI is InChI=1S/C18H21IN4O2S/c1-4-25-13(24)9-23-17(14-10(2)21-11(3)15(14)19)16(22-18(23)26)12-7-5-6-8-20-12/h5-8,16-17,21H,4,9H2,1-3H3,(H,22,26)/t16-,17+/m0/s1. The molecule has 3 heterocycles. The molecule has 0 radical (unpaired) electrons. The highest BCUT2D eigenvalue weighted by Gasteiger charge is 2.43. The van der Waals surface area contributed by atoms with Crippen LogP contribution in [0.2, 0.25) is 0 Å². The molecular weight excluding hydrogens is 463 g/mol. The van der Waals surface area contributed by atoms with Gasteiger partial charge in [0, 0.05) is 26.7 Å². The fourth-order valence-electron chi connectivity index (χ4n) is 3.36. The molecule has 1 aliphatic heterocycles. The Morgan fingerprint density at radius 2 is 2.15 bits per heavy atom. The number of hydrogen-bond acceptors (Lipinski definition) is 4. The summed E-state index contributed by atoms with van der Waals surface area (Å²) in [6, 6.07) is 5.54.